The van der Waals surface area contributed by atoms with Crippen molar-refractivity contribution in [2.75, 3.05) is 7.05 Å². The van der Waals surface area contributed by atoms with E-state index in [2.05, 4.69) is 64.3 Å². The van der Waals surface area contributed by atoms with Crippen molar-refractivity contribution in [1.29, 1.82) is 0 Å². The second-order valence-electron chi connectivity index (χ2n) is 7.08. The van der Waals surface area contributed by atoms with Crippen LogP contribution >= 0.6 is 0 Å². The molecule has 2 heterocycles. The van der Waals surface area contributed by atoms with Gasteiger partial charge in [-0.15, -0.1) is 0 Å². The van der Waals surface area contributed by atoms with Gasteiger partial charge in [-0.25, -0.2) is 0 Å². The maximum absolute atomic E-state index is 5.38. The second-order valence-corrected chi connectivity index (χ2v) is 7.08. The van der Waals surface area contributed by atoms with E-state index in [0.29, 0.717) is 18.4 Å². The van der Waals surface area contributed by atoms with Crippen LogP contribution in [0.5, 0.6) is 0 Å². The van der Waals surface area contributed by atoms with Gasteiger partial charge in [-0.3, -0.25) is 10.00 Å². The molecule has 1 saturated carbocycles. The first-order valence-electron chi connectivity index (χ1n) is 8.71. The largest absolute Gasteiger partial charge is 0.338 e. The summed E-state index contributed by atoms with van der Waals surface area (Å²) < 4.78 is 5.38. The van der Waals surface area contributed by atoms with Crippen LogP contribution in [0.25, 0.3) is 11.3 Å². The standard InChI is InChI=1S/C19H23N5O/c1-12-4-5-13(2)16(8-12)18-15(9-20-22-18)10-24(3)11-17-21-19(23-25-17)14-6-7-14/h4-5,8-9,14H,6-7,10-11H2,1-3H3,(H,20,22). The third-order valence-corrected chi connectivity index (χ3v) is 4.65. The average molecular weight is 337 g/mol. The van der Waals surface area contributed by atoms with Gasteiger partial charge in [0, 0.05) is 23.6 Å². The van der Waals surface area contributed by atoms with Gasteiger partial charge in [0.1, 0.15) is 0 Å². The summed E-state index contributed by atoms with van der Waals surface area (Å²) in [6.45, 7) is 5.64. The third kappa shape index (κ3) is 3.49. The van der Waals surface area contributed by atoms with Gasteiger partial charge in [-0.2, -0.15) is 10.1 Å². The van der Waals surface area contributed by atoms with Gasteiger partial charge >= 0.3 is 0 Å². The van der Waals surface area contributed by atoms with Gasteiger partial charge in [0.2, 0.25) is 5.89 Å². The lowest BCUT2D eigenvalue weighted by Crippen LogP contribution is -2.17. The molecular weight excluding hydrogens is 314 g/mol. The molecule has 0 unspecified atom stereocenters. The summed E-state index contributed by atoms with van der Waals surface area (Å²) >= 11 is 0. The first-order chi connectivity index (χ1) is 12.1. The predicted molar refractivity (Wildman–Crippen MR) is 94.9 cm³/mol. The Bertz CT molecular complexity index is 878. The van der Waals surface area contributed by atoms with Crippen molar-refractivity contribution in [2.45, 2.75) is 45.7 Å². The van der Waals surface area contributed by atoms with Crippen LogP contribution in [0, 0.1) is 13.8 Å². The maximum atomic E-state index is 5.38. The Balaban J connectivity index is 1.49. The lowest BCUT2D eigenvalue weighted by Gasteiger charge is -2.15. The highest BCUT2D eigenvalue weighted by Gasteiger charge is 2.28. The molecule has 2 aromatic heterocycles. The smallest absolute Gasteiger partial charge is 0.240 e. The fraction of sp³-hybridized carbons (Fsp3) is 0.421. The van der Waals surface area contributed by atoms with Crippen LogP contribution < -0.4 is 0 Å². The summed E-state index contributed by atoms with van der Waals surface area (Å²) in [5.41, 5.74) is 5.93. The van der Waals surface area contributed by atoms with Crippen molar-refractivity contribution >= 4 is 0 Å². The first kappa shape index (κ1) is 16.0. The minimum absolute atomic E-state index is 0.521. The number of hydrogen-bond acceptors (Lipinski definition) is 5. The molecule has 0 atom stereocenters. The first-order valence-corrected chi connectivity index (χ1v) is 8.71. The highest BCUT2D eigenvalue weighted by molar-refractivity contribution is 5.67. The van der Waals surface area contributed by atoms with Crippen molar-refractivity contribution in [3.05, 3.63) is 52.8 Å². The van der Waals surface area contributed by atoms with Gasteiger partial charge in [-0.05, 0) is 45.4 Å². The summed E-state index contributed by atoms with van der Waals surface area (Å²) in [5, 5.41) is 11.5. The monoisotopic (exact) mass is 337 g/mol. The summed E-state index contributed by atoms with van der Waals surface area (Å²) in [7, 11) is 2.06. The van der Waals surface area contributed by atoms with Gasteiger partial charge in [-0.1, -0.05) is 22.9 Å². The summed E-state index contributed by atoms with van der Waals surface area (Å²) in [5.74, 6) is 2.07. The molecule has 0 spiro atoms. The van der Waals surface area contributed by atoms with Crippen molar-refractivity contribution in [1.82, 2.24) is 25.2 Å². The number of hydrogen-bond donors (Lipinski definition) is 1. The van der Waals surface area contributed by atoms with Crippen LogP contribution in [0.4, 0.5) is 0 Å². The van der Waals surface area contributed by atoms with Crippen molar-refractivity contribution < 1.29 is 4.52 Å². The molecule has 1 fully saturated rings. The highest BCUT2D eigenvalue weighted by atomic mass is 16.5. The maximum Gasteiger partial charge on any atom is 0.240 e. The molecule has 0 saturated heterocycles. The highest BCUT2D eigenvalue weighted by Crippen LogP contribution is 2.38. The SMILES string of the molecule is Cc1ccc(C)c(-c2[nH]ncc2CN(C)Cc2nc(C3CC3)no2)c1. The number of H-pyrrole nitrogens is 1. The van der Waals surface area contributed by atoms with E-state index in [9.17, 15) is 0 Å². The molecule has 0 bridgehead atoms. The molecule has 1 aliphatic rings. The van der Waals surface area contributed by atoms with Crippen LogP contribution in [-0.2, 0) is 13.1 Å². The van der Waals surface area contributed by atoms with E-state index < -0.39 is 0 Å². The fourth-order valence-corrected chi connectivity index (χ4v) is 3.09. The van der Waals surface area contributed by atoms with Crippen molar-refractivity contribution in [3.8, 4) is 11.3 Å². The van der Waals surface area contributed by atoms with E-state index >= 15 is 0 Å². The molecule has 0 radical (unpaired) electrons. The van der Waals surface area contributed by atoms with Crippen molar-refractivity contribution in [2.24, 2.45) is 0 Å². The molecule has 1 aliphatic carbocycles. The van der Waals surface area contributed by atoms with E-state index in [-0.39, 0.29) is 0 Å². The van der Waals surface area contributed by atoms with Gasteiger partial charge < -0.3 is 4.52 Å². The quantitative estimate of drug-likeness (QED) is 0.744. The zero-order chi connectivity index (χ0) is 17.4. The van der Waals surface area contributed by atoms with Crippen LogP contribution in [0.3, 0.4) is 0 Å². The second kappa shape index (κ2) is 6.44. The summed E-state index contributed by atoms with van der Waals surface area (Å²) in [6, 6.07) is 6.48. The molecule has 130 valence electrons. The number of rotatable bonds is 6. The van der Waals surface area contributed by atoms with Crippen molar-refractivity contribution in [3.63, 3.8) is 0 Å². The molecule has 1 aromatic carbocycles. The zero-order valence-electron chi connectivity index (χ0n) is 14.9. The Kier molecular flexibility index (Phi) is 4.13. The minimum Gasteiger partial charge on any atom is -0.338 e. The molecule has 0 amide bonds. The lowest BCUT2D eigenvalue weighted by atomic mass is 10.0. The Labute approximate surface area is 147 Å². The van der Waals surface area contributed by atoms with Gasteiger partial charge in [0.15, 0.2) is 5.82 Å². The predicted octanol–water partition coefficient (Wildman–Crippen LogP) is 3.59. The molecule has 3 aromatic rings. The van der Waals surface area contributed by atoms with Gasteiger partial charge in [0.05, 0.1) is 18.4 Å². The lowest BCUT2D eigenvalue weighted by molar-refractivity contribution is 0.260. The third-order valence-electron chi connectivity index (χ3n) is 4.65. The zero-order valence-corrected chi connectivity index (χ0v) is 14.9. The number of nitrogens with one attached hydrogen (secondary N) is 1. The van der Waals surface area contributed by atoms with E-state index in [1.165, 1.54) is 29.5 Å². The minimum atomic E-state index is 0.521. The molecule has 6 nitrogen and oxygen atoms in total. The number of aryl methyl sites for hydroxylation is 2. The number of aromatic amines is 1. The molecular formula is C19H23N5O. The molecule has 4 rings (SSSR count). The van der Waals surface area contributed by atoms with Crippen LogP contribution in [-0.4, -0.2) is 32.3 Å². The number of aromatic nitrogens is 4. The Morgan fingerprint density at radius 3 is 2.88 bits per heavy atom. The average Bonchev–Trinajstić information content (AvgIpc) is 3.17. The van der Waals surface area contributed by atoms with E-state index in [1.807, 2.05) is 6.20 Å². The molecule has 6 heteroatoms. The van der Waals surface area contributed by atoms with E-state index in [4.69, 9.17) is 4.52 Å². The molecule has 0 aliphatic heterocycles. The van der Waals surface area contributed by atoms with E-state index in [0.717, 1.165) is 23.6 Å². The van der Waals surface area contributed by atoms with E-state index in [1.54, 1.807) is 0 Å². The Hall–Kier alpha value is -2.47. The Morgan fingerprint density at radius 2 is 2.08 bits per heavy atom. The topological polar surface area (TPSA) is 70.8 Å². The number of benzene rings is 1. The van der Waals surface area contributed by atoms with Crippen LogP contribution in [0.15, 0.2) is 28.9 Å². The molecule has 25 heavy (non-hydrogen) atoms. The Morgan fingerprint density at radius 1 is 1.24 bits per heavy atom. The summed E-state index contributed by atoms with van der Waals surface area (Å²) in [4.78, 5) is 6.68. The van der Waals surface area contributed by atoms with Gasteiger partial charge in [0.25, 0.3) is 0 Å². The number of nitrogens with zero attached hydrogens (tertiary/aromatic N) is 4. The summed E-state index contributed by atoms with van der Waals surface area (Å²) in [6.07, 6.45) is 4.27. The fourth-order valence-electron chi connectivity index (χ4n) is 3.09. The molecule has 1 N–H and O–H groups in total. The van der Waals surface area contributed by atoms with Crippen LogP contribution in [0.2, 0.25) is 0 Å². The van der Waals surface area contributed by atoms with Crippen LogP contribution in [0.1, 0.15) is 47.2 Å². The normalized spacial score (nSPS) is 14.4.